The van der Waals surface area contributed by atoms with Gasteiger partial charge in [-0.15, -0.1) is 0 Å². The second kappa shape index (κ2) is 7.16. The van der Waals surface area contributed by atoms with E-state index < -0.39 is 25.4 Å². The minimum Gasteiger partial charge on any atom is -0.465 e. The molecule has 0 saturated carbocycles. The quantitative estimate of drug-likeness (QED) is 0.459. The molecular weight excluding hydrogens is 332 g/mol. The average Bonchev–Trinajstić information content (AvgIpc) is 2.53. The van der Waals surface area contributed by atoms with Crippen molar-refractivity contribution in [2.45, 2.75) is 46.8 Å². The molecule has 1 aromatic carbocycles. The monoisotopic (exact) mass is 360 g/mol. The largest absolute Gasteiger partial charge is 0.465 e. The highest BCUT2D eigenvalue weighted by atomic mass is 28.3. The normalized spacial score (nSPS) is 15.8. The summed E-state index contributed by atoms with van der Waals surface area (Å²) in [7, 11) is -1.64. The fourth-order valence-corrected chi connectivity index (χ4v) is 5.22. The Morgan fingerprint density at radius 3 is 2.12 bits per heavy atom. The lowest BCUT2D eigenvalue weighted by molar-refractivity contribution is -0.168. The van der Waals surface area contributed by atoms with Crippen molar-refractivity contribution in [3.05, 3.63) is 35.4 Å². The maximum absolute atomic E-state index is 12.8. The van der Waals surface area contributed by atoms with Crippen LogP contribution < -0.4 is 5.19 Å². The topological polar surface area (TPSA) is 52.6 Å². The Bertz CT molecular complexity index is 695. The number of allylic oxidation sites excluding steroid dienone is 1. The van der Waals surface area contributed by atoms with E-state index in [1.165, 1.54) is 5.19 Å². The van der Waals surface area contributed by atoms with Crippen LogP contribution in [0, 0.1) is 5.41 Å². The van der Waals surface area contributed by atoms with Crippen LogP contribution in [0.25, 0.3) is 5.57 Å². The van der Waals surface area contributed by atoms with Crippen molar-refractivity contribution in [2.75, 3.05) is 13.2 Å². The van der Waals surface area contributed by atoms with Gasteiger partial charge in [-0.25, -0.2) is 0 Å². The van der Waals surface area contributed by atoms with E-state index in [0.717, 1.165) is 16.7 Å². The van der Waals surface area contributed by atoms with Gasteiger partial charge in [0.05, 0.1) is 21.3 Å². The van der Waals surface area contributed by atoms with Gasteiger partial charge in [-0.1, -0.05) is 49.1 Å². The number of carbonyl (C=O) groups excluding carboxylic acids is 2. The molecule has 2 rings (SSSR count). The van der Waals surface area contributed by atoms with Crippen LogP contribution in [0.15, 0.2) is 24.3 Å². The number of carbonyl (C=O) groups is 2. The lowest BCUT2D eigenvalue weighted by Gasteiger charge is -2.34. The van der Waals surface area contributed by atoms with Crippen molar-refractivity contribution in [3.8, 4) is 0 Å². The third-order valence-electron chi connectivity index (χ3n) is 4.61. The van der Waals surface area contributed by atoms with Gasteiger partial charge in [-0.2, -0.15) is 0 Å². The molecule has 0 amide bonds. The Labute approximate surface area is 151 Å². The van der Waals surface area contributed by atoms with Gasteiger partial charge in [0.25, 0.3) is 0 Å². The van der Waals surface area contributed by atoms with Gasteiger partial charge in [0.15, 0.2) is 5.41 Å². The second-order valence-corrected chi connectivity index (χ2v) is 12.5. The summed E-state index contributed by atoms with van der Waals surface area (Å²) >= 11 is 0. The van der Waals surface area contributed by atoms with Crippen molar-refractivity contribution >= 4 is 30.8 Å². The fraction of sp³-hybridized carbons (Fsp3) is 0.500. The van der Waals surface area contributed by atoms with Crippen molar-refractivity contribution in [1.29, 1.82) is 0 Å². The maximum Gasteiger partial charge on any atom is 0.327 e. The molecule has 0 spiro atoms. The first-order chi connectivity index (χ1) is 11.7. The lowest BCUT2D eigenvalue weighted by atomic mass is 9.73. The number of ether oxygens (including phenoxy) is 2. The van der Waals surface area contributed by atoms with E-state index >= 15 is 0 Å². The minimum atomic E-state index is -1.64. The number of hydrogen-bond donors (Lipinski definition) is 0. The smallest absolute Gasteiger partial charge is 0.327 e. The number of hydrogen-bond acceptors (Lipinski definition) is 4. The van der Waals surface area contributed by atoms with E-state index in [1.807, 2.05) is 6.92 Å². The molecule has 0 heterocycles. The van der Waals surface area contributed by atoms with E-state index in [1.54, 1.807) is 19.9 Å². The molecule has 0 bridgehead atoms. The highest BCUT2D eigenvalue weighted by Crippen LogP contribution is 2.39. The summed E-state index contributed by atoms with van der Waals surface area (Å²) in [6, 6.07) is 6.25. The van der Waals surface area contributed by atoms with Crippen LogP contribution in [0.5, 0.6) is 0 Å². The summed E-state index contributed by atoms with van der Waals surface area (Å²) in [5.41, 5.74) is 1.73. The molecule has 0 unspecified atom stereocenters. The fourth-order valence-electron chi connectivity index (χ4n) is 3.49. The molecule has 0 saturated heterocycles. The summed E-state index contributed by atoms with van der Waals surface area (Å²) in [4.78, 5) is 25.6. The standard InChI is InChI=1S/C20H28O4Si/c1-7-23-18(21)20(19(22)24-8-2)12-14(3)15-10-9-11-17(16(15)13-20)25(4,5)6/h9-12H,7-8,13H2,1-6H3. The molecule has 0 aliphatic heterocycles. The van der Waals surface area contributed by atoms with E-state index in [2.05, 4.69) is 37.8 Å². The van der Waals surface area contributed by atoms with E-state index in [-0.39, 0.29) is 13.2 Å². The Kier molecular flexibility index (Phi) is 5.57. The second-order valence-electron chi connectivity index (χ2n) is 7.50. The van der Waals surface area contributed by atoms with Gasteiger partial charge < -0.3 is 9.47 Å². The average molecular weight is 361 g/mol. The van der Waals surface area contributed by atoms with Crippen molar-refractivity contribution in [2.24, 2.45) is 5.41 Å². The highest BCUT2D eigenvalue weighted by molar-refractivity contribution is 6.89. The first kappa shape index (κ1) is 19.4. The molecule has 136 valence electrons. The molecule has 0 fully saturated rings. The van der Waals surface area contributed by atoms with Gasteiger partial charge in [0.2, 0.25) is 0 Å². The Morgan fingerprint density at radius 2 is 1.64 bits per heavy atom. The molecule has 1 aromatic rings. The molecule has 0 atom stereocenters. The van der Waals surface area contributed by atoms with Gasteiger partial charge >= 0.3 is 11.9 Å². The SMILES string of the molecule is CCOC(=O)C1(C(=O)OCC)C=C(C)c2cccc([Si](C)(C)C)c2C1. The Hall–Kier alpha value is -1.88. The summed E-state index contributed by atoms with van der Waals surface area (Å²) in [6.45, 7) is 12.7. The zero-order valence-electron chi connectivity index (χ0n) is 16.1. The van der Waals surface area contributed by atoms with Gasteiger partial charge in [-0.3, -0.25) is 9.59 Å². The number of benzene rings is 1. The zero-order valence-corrected chi connectivity index (χ0v) is 17.1. The van der Waals surface area contributed by atoms with Crippen LogP contribution in [-0.4, -0.2) is 33.2 Å². The molecule has 5 heteroatoms. The molecule has 0 radical (unpaired) electrons. The van der Waals surface area contributed by atoms with Gasteiger partial charge in [-0.05, 0) is 37.5 Å². The van der Waals surface area contributed by atoms with Crippen LogP contribution in [0.2, 0.25) is 19.6 Å². The van der Waals surface area contributed by atoms with Crippen molar-refractivity contribution in [3.63, 3.8) is 0 Å². The summed E-state index contributed by atoms with van der Waals surface area (Å²) in [5, 5.41) is 1.27. The minimum absolute atomic E-state index is 0.232. The third kappa shape index (κ3) is 3.56. The third-order valence-corrected chi connectivity index (χ3v) is 6.69. The van der Waals surface area contributed by atoms with Crippen LogP contribution in [0.4, 0.5) is 0 Å². The predicted octanol–water partition coefficient (Wildman–Crippen LogP) is 3.30. The number of fused-ring (bicyclic) bond motifs is 1. The van der Waals surface area contributed by atoms with Crippen molar-refractivity contribution < 1.29 is 19.1 Å². The predicted molar refractivity (Wildman–Crippen MR) is 102 cm³/mol. The van der Waals surface area contributed by atoms with Crippen LogP contribution in [0.3, 0.4) is 0 Å². The molecule has 0 aromatic heterocycles. The summed E-state index contributed by atoms with van der Waals surface area (Å²) in [6.07, 6.45) is 2.04. The lowest BCUT2D eigenvalue weighted by Crippen LogP contribution is -2.48. The first-order valence-electron chi connectivity index (χ1n) is 8.84. The molecule has 25 heavy (non-hydrogen) atoms. The summed E-state index contributed by atoms with van der Waals surface area (Å²) < 4.78 is 10.5. The highest BCUT2D eigenvalue weighted by Gasteiger charge is 2.50. The van der Waals surface area contributed by atoms with Crippen molar-refractivity contribution in [1.82, 2.24) is 0 Å². The zero-order chi connectivity index (χ0) is 18.8. The van der Waals surface area contributed by atoms with Gasteiger partial charge in [0, 0.05) is 6.42 Å². The molecule has 1 aliphatic carbocycles. The van der Waals surface area contributed by atoms with Crippen LogP contribution >= 0.6 is 0 Å². The van der Waals surface area contributed by atoms with Crippen LogP contribution in [0.1, 0.15) is 31.9 Å². The van der Waals surface area contributed by atoms with E-state index in [0.29, 0.717) is 6.42 Å². The molecule has 4 nitrogen and oxygen atoms in total. The van der Waals surface area contributed by atoms with E-state index in [9.17, 15) is 9.59 Å². The molecular formula is C20H28O4Si. The number of rotatable bonds is 5. The number of esters is 2. The summed E-state index contributed by atoms with van der Waals surface area (Å²) in [5.74, 6) is -1.05. The first-order valence-corrected chi connectivity index (χ1v) is 12.3. The molecule has 0 N–H and O–H groups in total. The van der Waals surface area contributed by atoms with Gasteiger partial charge in [0.1, 0.15) is 0 Å². The Morgan fingerprint density at radius 1 is 1.08 bits per heavy atom. The Balaban J connectivity index is 2.67. The van der Waals surface area contributed by atoms with E-state index in [4.69, 9.17) is 9.47 Å². The maximum atomic E-state index is 12.8. The molecule has 1 aliphatic rings. The van der Waals surface area contributed by atoms with Crippen LogP contribution in [-0.2, 0) is 25.5 Å².